The maximum atomic E-state index is 12.3. The van der Waals surface area contributed by atoms with Crippen molar-refractivity contribution < 1.29 is 14.3 Å². The van der Waals surface area contributed by atoms with Gasteiger partial charge in [-0.05, 0) is 31.4 Å². The van der Waals surface area contributed by atoms with Gasteiger partial charge in [0.2, 0.25) is 5.91 Å². The topological polar surface area (TPSA) is 72.6 Å². The van der Waals surface area contributed by atoms with Gasteiger partial charge in [-0.15, -0.1) is 0 Å². The Hall–Kier alpha value is -1.72. The van der Waals surface area contributed by atoms with E-state index in [0.717, 1.165) is 12.0 Å². The van der Waals surface area contributed by atoms with Crippen molar-refractivity contribution in [3.8, 4) is 0 Å². The van der Waals surface area contributed by atoms with Gasteiger partial charge in [-0.1, -0.05) is 18.2 Å². The van der Waals surface area contributed by atoms with Crippen molar-refractivity contribution in [1.82, 2.24) is 0 Å². The number of benzene rings is 1. The SMILES string of the molecule is CCOC(C=O)N1C(=O)[C@@H](N)CCc2ccccc21. The molecular weight excluding hydrogens is 244 g/mol. The van der Waals surface area contributed by atoms with E-state index in [9.17, 15) is 9.59 Å². The molecule has 19 heavy (non-hydrogen) atoms. The first kappa shape index (κ1) is 13.7. The lowest BCUT2D eigenvalue weighted by Crippen LogP contribution is -2.50. The summed E-state index contributed by atoms with van der Waals surface area (Å²) in [5.41, 5.74) is 7.60. The number of amides is 1. The number of ether oxygens (including phenoxy) is 1. The summed E-state index contributed by atoms with van der Waals surface area (Å²) in [7, 11) is 0. The van der Waals surface area contributed by atoms with E-state index in [1.807, 2.05) is 24.3 Å². The number of aryl methyl sites for hydroxylation is 1. The number of anilines is 1. The van der Waals surface area contributed by atoms with Crippen molar-refractivity contribution in [3.05, 3.63) is 29.8 Å². The molecule has 5 heteroatoms. The zero-order chi connectivity index (χ0) is 13.8. The Morgan fingerprint density at radius 2 is 2.26 bits per heavy atom. The van der Waals surface area contributed by atoms with Crippen LogP contribution in [0.15, 0.2) is 24.3 Å². The molecule has 1 aromatic rings. The molecule has 1 unspecified atom stereocenters. The standard InChI is InChI=1S/C14H18N2O3/c1-2-19-13(9-17)16-12-6-4-3-5-10(12)7-8-11(15)14(16)18/h3-6,9,11,13H,2,7-8,15H2,1H3/t11-,13?/m0/s1. The average molecular weight is 262 g/mol. The van der Waals surface area contributed by atoms with Gasteiger partial charge >= 0.3 is 0 Å². The number of hydrogen-bond acceptors (Lipinski definition) is 4. The van der Waals surface area contributed by atoms with E-state index >= 15 is 0 Å². The Morgan fingerprint density at radius 3 is 2.95 bits per heavy atom. The molecule has 0 fully saturated rings. The molecule has 102 valence electrons. The average Bonchev–Trinajstić information content (AvgIpc) is 2.55. The van der Waals surface area contributed by atoms with Crippen LogP contribution in [0.3, 0.4) is 0 Å². The van der Waals surface area contributed by atoms with E-state index < -0.39 is 12.3 Å². The fourth-order valence-electron chi connectivity index (χ4n) is 2.30. The summed E-state index contributed by atoms with van der Waals surface area (Å²) in [5.74, 6) is -0.268. The van der Waals surface area contributed by atoms with E-state index in [4.69, 9.17) is 10.5 Å². The zero-order valence-corrected chi connectivity index (χ0v) is 10.9. The highest BCUT2D eigenvalue weighted by Gasteiger charge is 2.33. The normalized spacial score (nSPS) is 20.6. The first-order valence-corrected chi connectivity index (χ1v) is 6.42. The molecule has 2 atom stereocenters. The summed E-state index contributed by atoms with van der Waals surface area (Å²) in [6, 6.07) is 6.91. The number of rotatable bonds is 4. The van der Waals surface area contributed by atoms with Crippen molar-refractivity contribution in [2.45, 2.75) is 32.0 Å². The van der Waals surface area contributed by atoms with Crippen LogP contribution in [0.1, 0.15) is 18.9 Å². The smallest absolute Gasteiger partial charge is 0.246 e. The molecule has 2 rings (SSSR count). The second-order valence-corrected chi connectivity index (χ2v) is 4.46. The largest absolute Gasteiger partial charge is 0.351 e. The highest BCUT2D eigenvalue weighted by molar-refractivity contribution is 6.01. The quantitative estimate of drug-likeness (QED) is 0.817. The molecule has 0 saturated carbocycles. The van der Waals surface area contributed by atoms with Crippen LogP contribution in [0, 0.1) is 0 Å². The molecule has 1 aromatic carbocycles. The third-order valence-corrected chi connectivity index (χ3v) is 3.24. The van der Waals surface area contributed by atoms with Gasteiger partial charge in [-0.25, -0.2) is 0 Å². The lowest BCUT2D eigenvalue weighted by atomic mass is 10.1. The Bertz CT molecular complexity index is 476. The number of fused-ring (bicyclic) bond motifs is 1. The number of carbonyl (C=O) groups excluding carboxylic acids is 2. The fourth-order valence-corrected chi connectivity index (χ4v) is 2.30. The van der Waals surface area contributed by atoms with Crippen molar-refractivity contribution in [3.63, 3.8) is 0 Å². The third kappa shape index (κ3) is 2.67. The molecule has 2 N–H and O–H groups in total. The maximum Gasteiger partial charge on any atom is 0.246 e. The van der Waals surface area contributed by atoms with Gasteiger partial charge in [0.1, 0.15) is 0 Å². The molecule has 0 aromatic heterocycles. The second-order valence-electron chi connectivity index (χ2n) is 4.46. The lowest BCUT2D eigenvalue weighted by Gasteiger charge is -2.29. The molecule has 1 heterocycles. The Balaban J connectivity index is 2.46. The molecule has 0 saturated heterocycles. The van der Waals surface area contributed by atoms with Crippen molar-refractivity contribution >= 4 is 17.9 Å². The summed E-state index contributed by atoms with van der Waals surface area (Å²) < 4.78 is 5.34. The zero-order valence-electron chi connectivity index (χ0n) is 10.9. The number of nitrogens with two attached hydrogens (primary N) is 1. The van der Waals surface area contributed by atoms with Crippen molar-refractivity contribution in [2.75, 3.05) is 11.5 Å². The molecule has 1 aliphatic rings. The highest BCUT2D eigenvalue weighted by Crippen LogP contribution is 2.28. The molecule has 1 amide bonds. The van der Waals surface area contributed by atoms with Gasteiger partial charge < -0.3 is 10.5 Å². The van der Waals surface area contributed by atoms with Gasteiger partial charge in [-0.2, -0.15) is 0 Å². The first-order valence-electron chi connectivity index (χ1n) is 6.42. The van der Waals surface area contributed by atoms with Crippen LogP contribution in [0.2, 0.25) is 0 Å². The number of carbonyl (C=O) groups is 2. The molecule has 5 nitrogen and oxygen atoms in total. The maximum absolute atomic E-state index is 12.3. The second kappa shape index (κ2) is 5.95. The van der Waals surface area contributed by atoms with E-state index in [0.29, 0.717) is 25.0 Å². The summed E-state index contributed by atoms with van der Waals surface area (Å²) in [6.45, 7) is 2.13. The highest BCUT2D eigenvalue weighted by atomic mass is 16.5. The minimum absolute atomic E-state index is 0.268. The Labute approximate surface area is 112 Å². The summed E-state index contributed by atoms with van der Waals surface area (Å²) >= 11 is 0. The molecule has 1 aliphatic heterocycles. The van der Waals surface area contributed by atoms with Crippen LogP contribution in [-0.2, 0) is 20.7 Å². The van der Waals surface area contributed by atoms with Crippen LogP contribution >= 0.6 is 0 Å². The minimum Gasteiger partial charge on any atom is -0.351 e. The van der Waals surface area contributed by atoms with Crippen LogP contribution in [0.4, 0.5) is 5.69 Å². The van der Waals surface area contributed by atoms with Crippen LogP contribution in [-0.4, -0.2) is 31.1 Å². The van der Waals surface area contributed by atoms with E-state index in [1.165, 1.54) is 4.90 Å². The van der Waals surface area contributed by atoms with Crippen molar-refractivity contribution in [2.24, 2.45) is 5.73 Å². The van der Waals surface area contributed by atoms with Crippen LogP contribution in [0.25, 0.3) is 0 Å². The van der Waals surface area contributed by atoms with Gasteiger partial charge in [0.15, 0.2) is 12.5 Å². The van der Waals surface area contributed by atoms with E-state index in [2.05, 4.69) is 0 Å². The van der Waals surface area contributed by atoms with Gasteiger partial charge in [0.05, 0.1) is 6.04 Å². The molecule has 0 aliphatic carbocycles. The fraction of sp³-hybridized carbons (Fsp3) is 0.429. The summed E-state index contributed by atoms with van der Waals surface area (Å²) in [4.78, 5) is 24.9. The van der Waals surface area contributed by atoms with E-state index in [-0.39, 0.29) is 5.91 Å². The molecule has 0 bridgehead atoms. The molecule has 0 spiro atoms. The van der Waals surface area contributed by atoms with Gasteiger partial charge in [-0.3, -0.25) is 14.5 Å². The van der Waals surface area contributed by atoms with E-state index in [1.54, 1.807) is 6.92 Å². The van der Waals surface area contributed by atoms with Gasteiger partial charge in [0.25, 0.3) is 0 Å². The number of hydrogen-bond donors (Lipinski definition) is 1. The predicted octanol–water partition coefficient (Wildman–Crippen LogP) is 0.855. The Morgan fingerprint density at radius 1 is 1.53 bits per heavy atom. The molecule has 0 radical (unpaired) electrons. The predicted molar refractivity (Wildman–Crippen MR) is 71.7 cm³/mol. The van der Waals surface area contributed by atoms with Crippen LogP contribution in [0.5, 0.6) is 0 Å². The number of para-hydroxylation sites is 1. The summed E-state index contributed by atoms with van der Waals surface area (Å²) in [5, 5.41) is 0. The van der Waals surface area contributed by atoms with Crippen molar-refractivity contribution in [1.29, 1.82) is 0 Å². The minimum atomic E-state index is -0.914. The number of aldehydes is 1. The third-order valence-electron chi connectivity index (χ3n) is 3.24. The monoisotopic (exact) mass is 262 g/mol. The van der Waals surface area contributed by atoms with Crippen LogP contribution < -0.4 is 10.6 Å². The Kier molecular flexibility index (Phi) is 4.29. The van der Waals surface area contributed by atoms with Gasteiger partial charge in [0, 0.05) is 12.3 Å². The lowest BCUT2D eigenvalue weighted by molar-refractivity contribution is -0.128. The first-order chi connectivity index (χ1) is 9.19. The number of nitrogens with zero attached hydrogens (tertiary/aromatic N) is 1. The summed E-state index contributed by atoms with van der Waals surface area (Å²) in [6.07, 6.45) is 1.01. The molecular formula is C14H18N2O3.